The molecule has 6 heteroatoms. The van der Waals surface area contributed by atoms with E-state index in [9.17, 15) is 4.79 Å². The van der Waals surface area contributed by atoms with Crippen LogP contribution in [0.5, 0.6) is 0 Å². The number of carbonyl (C=O) groups is 1. The predicted octanol–water partition coefficient (Wildman–Crippen LogP) is 3.73. The normalized spacial score (nSPS) is 16.7. The molecule has 1 amide bonds. The lowest BCUT2D eigenvalue weighted by Gasteiger charge is -2.26. The van der Waals surface area contributed by atoms with Gasteiger partial charge in [-0.05, 0) is 44.5 Å². The summed E-state index contributed by atoms with van der Waals surface area (Å²) in [6, 6.07) is 14.4. The third-order valence-electron chi connectivity index (χ3n) is 5.32. The molecule has 2 aromatic heterocycles. The number of nitrogens with one attached hydrogen (secondary N) is 2. The lowest BCUT2D eigenvalue weighted by atomic mass is 10.2. The molecule has 2 N–H and O–H groups in total. The summed E-state index contributed by atoms with van der Waals surface area (Å²) < 4.78 is 0. The maximum Gasteiger partial charge on any atom is 0.270 e. The van der Waals surface area contributed by atoms with Gasteiger partial charge in [-0.1, -0.05) is 18.2 Å². The lowest BCUT2D eigenvalue weighted by molar-refractivity contribution is 0.0740. The fraction of sp³-hybridized carbons (Fsp3) is 0.364. The minimum absolute atomic E-state index is 0.0320. The Bertz CT molecular complexity index is 947. The van der Waals surface area contributed by atoms with Crippen molar-refractivity contribution in [3.05, 3.63) is 54.4 Å². The van der Waals surface area contributed by atoms with Crippen LogP contribution in [0.1, 0.15) is 30.8 Å². The fourth-order valence-corrected chi connectivity index (χ4v) is 3.87. The number of carbonyl (C=O) groups excluding carboxylic acids is 1. The fourth-order valence-electron chi connectivity index (χ4n) is 3.87. The summed E-state index contributed by atoms with van der Waals surface area (Å²) >= 11 is 0. The number of aromatic nitrogens is 2. The average molecular weight is 377 g/mol. The number of benzene rings is 1. The standard InChI is InChI=1S/C22H27N5O/c1-15(2)24-19-9-6-11-23-21(19)27-12-10-17(14-27)26(3)22(28)20-13-16-7-4-5-8-18(16)25-20/h4-9,11,13,15,17,24-25H,10,12,14H2,1-3H3. The molecule has 146 valence electrons. The number of pyridine rings is 1. The summed E-state index contributed by atoms with van der Waals surface area (Å²) in [5.74, 6) is 0.995. The first-order valence-electron chi connectivity index (χ1n) is 9.84. The second-order valence-corrected chi connectivity index (χ2v) is 7.75. The highest BCUT2D eigenvalue weighted by atomic mass is 16.2. The van der Waals surface area contributed by atoms with E-state index in [4.69, 9.17) is 0 Å². The molecule has 0 saturated carbocycles. The molecular formula is C22H27N5O. The Kier molecular flexibility index (Phi) is 4.94. The molecule has 3 aromatic rings. The van der Waals surface area contributed by atoms with Gasteiger partial charge in [0.15, 0.2) is 5.82 Å². The van der Waals surface area contributed by atoms with Gasteiger partial charge in [0.1, 0.15) is 5.69 Å². The largest absolute Gasteiger partial charge is 0.380 e. The summed E-state index contributed by atoms with van der Waals surface area (Å²) in [5, 5.41) is 4.53. The van der Waals surface area contributed by atoms with E-state index in [-0.39, 0.29) is 11.9 Å². The van der Waals surface area contributed by atoms with Crippen molar-refractivity contribution in [1.29, 1.82) is 0 Å². The number of likely N-dealkylation sites (N-methyl/N-ethyl adjacent to an activating group) is 1. The maximum absolute atomic E-state index is 13.0. The maximum atomic E-state index is 13.0. The van der Waals surface area contributed by atoms with Crippen molar-refractivity contribution in [2.24, 2.45) is 0 Å². The van der Waals surface area contributed by atoms with Crippen molar-refractivity contribution in [3.63, 3.8) is 0 Å². The summed E-state index contributed by atoms with van der Waals surface area (Å²) in [6.45, 7) is 5.91. The van der Waals surface area contributed by atoms with Gasteiger partial charge in [0, 0.05) is 43.3 Å². The van der Waals surface area contributed by atoms with Gasteiger partial charge in [0.25, 0.3) is 5.91 Å². The van der Waals surface area contributed by atoms with Crippen LogP contribution in [-0.2, 0) is 0 Å². The number of hydrogen-bond donors (Lipinski definition) is 2. The highest BCUT2D eigenvalue weighted by Gasteiger charge is 2.31. The average Bonchev–Trinajstić information content (AvgIpc) is 3.34. The van der Waals surface area contributed by atoms with Crippen LogP contribution >= 0.6 is 0 Å². The van der Waals surface area contributed by atoms with E-state index in [1.807, 2.05) is 54.5 Å². The van der Waals surface area contributed by atoms with Gasteiger partial charge in [-0.15, -0.1) is 0 Å². The Hall–Kier alpha value is -3.02. The third-order valence-corrected chi connectivity index (χ3v) is 5.32. The highest BCUT2D eigenvalue weighted by Crippen LogP contribution is 2.28. The van der Waals surface area contributed by atoms with Crippen molar-refractivity contribution in [3.8, 4) is 0 Å². The molecule has 4 rings (SSSR count). The van der Waals surface area contributed by atoms with Crippen LogP contribution in [0, 0.1) is 0 Å². The molecule has 28 heavy (non-hydrogen) atoms. The smallest absolute Gasteiger partial charge is 0.270 e. The van der Waals surface area contributed by atoms with E-state index in [2.05, 4.69) is 40.1 Å². The first kappa shape index (κ1) is 18.3. The molecule has 6 nitrogen and oxygen atoms in total. The molecule has 0 radical (unpaired) electrons. The molecule has 0 aliphatic carbocycles. The van der Waals surface area contributed by atoms with Gasteiger partial charge in [-0.3, -0.25) is 4.79 Å². The van der Waals surface area contributed by atoms with Crippen molar-refractivity contribution < 1.29 is 4.79 Å². The molecule has 1 unspecified atom stereocenters. The van der Waals surface area contributed by atoms with Crippen molar-refractivity contribution in [1.82, 2.24) is 14.9 Å². The number of rotatable bonds is 5. The van der Waals surface area contributed by atoms with Gasteiger partial charge in [-0.25, -0.2) is 4.98 Å². The molecule has 1 atom stereocenters. The van der Waals surface area contributed by atoms with Crippen LogP contribution in [-0.4, -0.2) is 53.0 Å². The van der Waals surface area contributed by atoms with Crippen molar-refractivity contribution in [2.75, 3.05) is 30.4 Å². The molecule has 1 aliphatic heterocycles. The molecular weight excluding hydrogens is 350 g/mol. The third kappa shape index (κ3) is 3.54. The van der Waals surface area contributed by atoms with Gasteiger partial charge >= 0.3 is 0 Å². The topological polar surface area (TPSA) is 64.3 Å². The number of aromatic amines is 1. The second kappa shape index (κ2) is 7.54. The highest BCUT2D eigenvalue weighted by molar-refractivity contribution is 5.98. The second-order valence-electron chi connectivity index (χ2n) is 7.75. The Morgan fingerprint density at radius 3 is 2.89 bits per heavy atom. The molecule has 1 aliphatic rings. The van der Waals surface area contributed by atoms with E-state index in [1.54, 1.807) is 0 Å². The van der Waals surface area contributed by atoms with Crippen molar-refractivity contribution in [2.45, 2.75) is 32.4 Å². The zero-order valence-electron chi connectivity index (χ0n) is 16.6. The Morgan fingerprint density at radius 1 is 1.29 bits per heavy atom. The Balaban J connectivity index is 1.48. The molecule has 1 aromatic carbocycles. The van der Waals surface area contributed by atoms with Crippen LogP contribution in [0.4, 0.5) is 11.5 Å². The lowest BCUT2D eigenvalue weighted by Crippen LogP contribution is -2.39. The van der Waals surface area contributed by atoms with Crippen molar-refractivity contribution >= 4 is 28.3 Å². The molecule has 0 bridgehead atoms. The SMILES string of the molecule is CC(C)Nc1cccnc1N1CCC(N(C)C(=O)c2cc3ccccc3[nH]2)C1. The Labute approximate surface area is 165 Å². The predicted molar refractivity (Wildman–Crippen MR) is 114 cm³/mol. The van der Waals surface area contributed by atoms with E-state index < -0.39 is 0 Å². The molecule has 0 spiro atoms. The molecule has 3 heterocycles. The van der Waals surface area contributed by atoms with Crippen LogP contribution < -0.4 is 10.2 Å². The number of H-pyrrole nitrogens is 1. The Morgan fingerprint density at radius 2 is 2.11 bits per heavy atom. The minimum atomic E-state index is 0.0320. The summed E-state index contributed by atoms with van der Waals surface area (Å²) in [7, 11) is 1.90. The quantitative estimate of drug-likeness (QED) is 0.711. The first-order chi connectivity index (χ1) is 13.5. The van der Waals surface area contributed by atoms with Gasteiger partial charge < -0.3 is 20.1 Å². The minimum Gasteiger partial charge on any atom is -0.380 e. The molecule has 1 saturated heterocycles. The molecule has 1 fully saturated rings. The van der Waals surface area contributed by atoms with E-state index in [1.165, 1.54) is 0 Å². The van der Waals surface area contributed by atoms with Crippen LogP contribution in [0.15, 0.2) is 48.7 Å². The van der Waals surface area contributed by atoms with Crippen LogP contribution in [0.25, 0.3) is 10.9 Å². The number of nitrogens with zero attached hydrogens (tertiary/aromatic N) is 3. The zero-order valence-corrected chi connectivity index (χ0v) is 16.6. The van der Waals surface area contributed by atoms with Gasteiger partial charge in [0.05, 0.1) is 11.7 Å². The van der Waals surface area contributed by atoms with E-state index >= 15 is 0 Å². The summed E-state index contributed by atoms with van der Waals surface area (Å²) in [4.78, 5) is 25.0. The van der Waals surface area contributed by atoms with Crippen LogP contribution in [0.2, 0.25) is 0 Å². The van der Waals surface area contributed by atoms with E-state index in [0.29, 0.717) is 11.7 Å². The number of hydrogen-bond acceptors (Lipinski definition) is 4. The summed E-state index contributed by atoms with van der Waals surface area (Å²) in [5.41, 5.74) is 2.68. The number of para-hydroxylation sites is 1. The summed E-state index contributed by atoms with van der Waals surface area (Å²) in [6.07, 6.45) is 2.76. The van der Waals surface area contributed by atoms with E-state index in [0.717, 1.165) is 41.9 Å². The van der Waals surface area contributed by atoms with Gasteiger partial charge in [0.2, 0.25) is 0 Å². The monoisotopic (exact) mass is 377 g/mol. The first-order valence-corrected chi connectivity index (χ1v) is 9.84. The van der Waals surface area contributed by atoms with Gasteiger partial charge in [-0.2, -0.15) is 0 Å². The number of anilines is 2. The van der Waals surface area contributed by atoms with Crippen LogP contribution in [0.3, 0.4) is 0 Å². The number of fused-ring (bicyclic) bond motifs is 1. The number of amides is 1. The zero-order chi connectivity index (χ0) is 19.7.